The van der Waals surface area contributed by atoms with Crippen molar-refractivity contribution in [3.8, 4) is 0 Å². The molecule has 0 amide bonds. The maximum absolute atomic E-state index is 12.8. The lowest BCUT2D eigenvalue weighted by Crippen LogP contribution is -2.11. The van der Waals surface area contributed by atoms with E-state index in [1.54, 1.807) is 14.0 Å². The van der Waals surface area contributed by atoms with Crippen LogP contribution in [0.4, 0.5) is 0 Å². The summed E-state index contributed by atoms with van der Waals surface area (Å²) in [4.78, 5) is 27.7. The van der Waals surface area contributed by atoms with Gasteiger partial charge in [0.2, 0.25) is 0 Å². The van der Waals surface area contributed by atoms with E-state index in [0.717, 1.165) is 17.1 Å². The number of aromatic nitrogens is 4. The fourth-order valence-corrected chi connectivity index (χ4v) is 4.36. The molecule has 0 saturated carbocycles. The molecule has 2 heterocycles. The summed E-state index contributed by atoms with van der Waals surface area (Å²) >= 11 is 1.34. The first-order valence-electron chi connectivity index (χ1n) is 9.73. The van der Waals surface area contributed by atoms with Gasteiger partial charge >= 0.3 is 0 Å². The number of carbonyl (C=O) groups is 2. The van der Waals surface area contributed by atoms with Gasteiger partial charge in [0.1, 0.15) is 5.82 Å². The normalized spacial score (nSPS) is 11.1. The number of aryl methyl sites for hydroxylation is 1. The second-order valence-electron chi connectivity index (χ2n) is 7.10. The Balaban J connectivity index is 1.77. The van der Waals surface area contributed by atoms with Gasteiger partial charge < -0.3 is 14.3 Å². The second-order valence-corrected chi connectivity index (χ2v) is 8.04. The van der Waals surface area contributed by atoms with Gasteiger partial charge in [0.25, 0.3) is 0 Å². The number of hydrogen-bond donors (Lipinski definition) is 1. The molecule has 158 valence electrons. The average Bonchev–Trinajstić information content (AvgIpc) is 3.24. The number of H-pyrrole nitrogens is 1. The number of rotatable bonds is 10. The number of thioether (sulfide) groups is 1. The first-order chi connectivity index (χ1) is 14.4. The van der Waals surface area contributed by atoms with Crippen LogP contribution in [0.5, 0.6) is 0 Å². The second kappa shape index (κ2) is 9.86. The number of hydrogen-bond acceptors (Lipinski definition) is 6. The maximum Gasteiger partial charge on any atom is 0.191 e. The van der Waals surface area contributed by atoms with Crippen molar-refractivity contribution in [2.24, 2.45) is 0 Å². The molecule has 0 bridgehead atoms. The first kappa shape index (κ1) is 22.0. The van der Waals surface area contributed by atoms with E-state index in [1.807, 2.05) is 29.7 Å². The van der Waals surface area contributed by atoms with Crippen molar-refractivity contribution in [3.05, 3.63) is 64.2 Å². The summed E-state index contributed by atoms with van der Waals surface area (Å²) in [6.45, 7) is 6.26. The zero-order valence-electron chi connectivity index (χ0n) is 17.7. The molecule has 0 fully saturated rings. The molecule has 0 spiro atoms. The number of carbonyl (C=O) groups excluding carboxylic acids is 2. The highest BCUT2D eigenvalue weighted by atomic mass is 32.2. The van der Waals surface area contributed by atoms with Gasteiger partial charge in [-0.05, 0) is 31.9 Å². The number of benzene rings is 1. The zero-order chi connectivity index (χ0) is 21.7. The van der Waals surface area contributed by atoms with Crippen molar-refractivity contribution in [3.63, 3.8) is 0 Å². The fraction of sp³-hybridized carbons (Fsp3) is 0.364. The van der Waals surface area contributed by atoms with Crippen LogP contribution in [0.3, 0.4) is 0 Å². The predicted octanol–water partition coefficient (Wildman–Crippen LogP) is 3.64. The topological polar surface area (TPSA) is 89.9 Å². The lowest BCUT2D eigenvalue weighted by Gasteiger charge is -2.09. The highest BCUT2D eigenvalue weighted by Crippen LogP contribution is 2.23. The largest absolute Gasteiger partial charge is 0.383 e. The Bertz CT molecular complexity index is 1040. The van der Waals surface area contributed by atoms with E-state index in [1.165, 1.54) is 18.7 Å². The Morgan fingerprint density at radius 3 is 2.53 bits per heavy atom. The summed E-state index contributed by atoms with van der Waals surface area (Å²) in [5, 5.41) is 9.33. The van der Waals surface area contributed by atoms with Crippen LogP contribution >= 0.6 is 11.8 Å². The van der Waals surface area contributed by atoms with Crippen LogP contribution in [0.2, 0.25) is 0 Å². The third-order valence-electron chi connectivity index (χ3n) is 4.92. The number of Topliss-reactive ketones (excluding diaryl/α,β-unsaturated/α-hetero) is 2. The number of nitrogens with zero attached hydrogens (tertiary/aromatic N) is 3. The molecular weight excluding hydrogens is 400 g/mol. The summed E-state index contributed by atoms with van der Waals surface area (Å²) in [7, 11) is 1.65. The Labute approximate surface area is 180 Å². The fourth-order valence-electron chi connectivity index (χ4n) is 3.50. The molecule has 0 unspecified atom stereocenters. The summed E-state index contributed by atoms with van der Waals surface area (Å²) < 4.78 is 7.24. The molecular formula is C22H26N4O3S. The molecule has 0 aliphatic rings. The van der Waals surface area contributed by atoms with Crippen LogP contribution in [-0.2, 0) is 17.7 Å². The van der Waals surface area contributed by atoms with Crippen LogP contribution in [0, 0.1) is 13.8 Å². The minimum atomic E-state index is -0.0704. The van der Waals surface area contributed by atoms with Gasteiger partial charge in [-0.15, -0.1) is 10.2 Å². The Hall–Kier alpha value is -2.71. The molecule has 7 nitrogen and oxygen atoms in total. The van der Waals surface area contributed by atoms with E-state index in [9.17, 15) is 9.59 Å². The average molecular weight is 427 g/mol. The number of nitrogens with one attached hydrogen (secondary N) is 1. The highest BCUT2D eigenvalue weighted by Gasteiger charge is 2.21. The van der Waals surface area contributed by atoms with E-state index >= 15 is 0 Å². The zero-order valence-corrected chi connectivity index (χ0v) is 18.5. The molecule has 3 rings (SSSR count). The van der Waals surface area contributed by atoms with Gasteiger partial charge in [0.05, 0.1) is 18.1 Å². The van der Waals surface area contributed by atoms with Crippen LogP contribution in [0.25, 0.3) is 0 Å². The van der Waals surface area contributed by atoms with E-state index in [2.05, 4.69) is 27.3 Å². The van der Waals surface area contributed by atoms with Crippen molar-refractivity contribution in [1.29, 1.82) is 0 Å². The predicted molar refractivity (Wildman–Crippen MR) is 116 cm³/mol. The molecule has 3 aromatic rings. The van der Waals surface area contributed by atoms with Crippen molar-refractivity contribution in [2.45, 2.75) is 38.9 Å². The number of ketones is 2. The number of ether oxygens (including phenoxy) is 1. The summed E-state index contributed by atoms with van der Waals surface area (Å²) in [6, 6.07) is 10.1. The molecule has 0 aliphatic heterocycles. The van der Waals surface area contributed by atoms with Crippen LogP contribution in [0.15, 0.2) is 35.5 Å². The lowest BCUT2D eigenvalue weighted by molar-refractivity contribution is 0.101. The van der Waals surface area contributed by atoms with Crippen molar-refractivity contribution in [2.75, 3.05) is 19.5 Å². The number of aromatic amines is 1. The van der Waals surface area contributed by atoms with Gasteiger partial charge in [-0.25, -0.2) is 0 Å². The maximum atomic E-state index is 12.8. The van der Waals surface area contributed by atoms with Gasteiger partial charge in [-0.2, -0.15) is 0 Å². The monoisotopic (exact) mass is 426 g/mol. The minimum absolute atomic E-state index is 0.0437. The van der Waals surface area contributed by atoms with Crippen LogP contribution in [0.1, 0.15) is 50.4 Å². The Morgan fingerprint density at radius 2 is 1.90 bits per heavy atom. The number of methoxy groups -OCH3 is 1. The van der Waals surface area contributed by atoms with Crippen molar-refractivity contribution in [1.82, 2.24) is 19.7 Å². The molecule has 0 atom stereocenters. The molecule has 2 aromatic heterocycles. The Kier molecular flexibility index (Phi) is 7.23. The molecule has 0 radical (unpaired) electrons. The van der Waals surface area contributed by atoms with Gasteiger partial charge in [-0.1, -0.05) is 42.1 Å². The quantitative estimate of drug-likeness (QED) is 0.393. The summed E-state index contributed by atoms with van der Waals surface area (Å²) in [6.07, 6.45) is 0.656. The highest BCUT2D eigenvalue weighted by molar-refractivity contribution is 7.99. The smallest absolute Gasteiger partial charge is 0.191 e. The molecule has 30 heavy (non-hydrogen) atoms. The van der Waals surface area contributed by atoms with Crippen molar-refractivity contribution < 1.29 is 14.3 Å². The molecule has 1 aromatic carbocycles. The van der Waals surface area contributed by atoms with Gasteiger partial charge in [0.15, 0.2) is 16.7 Å². The summed E-state index contributed by atoms with van der Waals surface area (Å²) in [5.74, 6) is 0.921. The molecule has 0 saturated heterocycles. The van der Waals surface area contributed by atoms with E-state index in [4.69, 9.17) is 4.74 Å². The molecule has 0 aliphatic carbocycles. The van der Waals surface area contributed by atoms with Crippen LogP contribution < -0.4 is 0 Å². The third-order valence-corrected chi connectivity index (χ3v) is 5.89. The van der Waals surface area contributed by atoms with Gasteiger partial charge in [0, 0.05) is 31.3 Å². The molecule has 8 heteroatoms. The van der Waals surface area contributed by atoms with E-state index in [-0.39, 0.29) is 17.3 Å². The molecule has 1 N–H and O–H groups in total. The Morgan fingerprint density at radius 1 is 1.17 bits per heavy atom. The third kappa shape index (κ3) is 4.88. The standard InChI is InChI=1S/C22H26N4O3S/c1-14-20(16(3)27)15(2)23-21(14)18(28)13-30-22-25-24-19(26(22)10-11-29-4)12-17-8-6-5-7-9-17/h5-9,23H,10-13H2,1-4H3. The van der Waals surface area contributed by atoms with E-state index < -0.39 is 0 Å². The van der Waals surface area contributed by atoms with Crippen LogP contribution in [-0.4, -0.2) is 50.8 Å². The summed E-state index contributed by atoms with van der Waals surface area (Å²) in [5.41, 5.74) is 3.65. The lowest BCUT2D eigenvalue weighted by atomic mass is 10.1. The first-order valence-corrected chi connectivity index (χ1v) is 10.7. The minimum Gasteiger partial charge on any atom is -0.383 e. The van der Waals surface area contributed by atoms with E-state index in [0.29, 0.717) is 41.5 Å². The van der Waals surface area contributed by atoms with Gasteiger partial charge in [-0.3, -0.25) is 9.59 Å². The SMILES string of the molecule is COCCn1c(Cc2ccccc2)nnc1SCC(=O)c1[nH]c(C)c(C(C)=O)c1C. The van der Waals surface area contributed by atoms with Crippen molar-refractivity contribution >= 4 is 23.3 Å².